The van der Waals surface area contributed by atoms with E-state index in [-0.39, 0.29) is 5.56 Å². The van der Waals surface area contributed by atoms with Gasteiger partial charge >= 0.3 is 5.97 Å². The molecule has 5 nitrogen and oxygen atoms in total. The number of benzene rings is 2. The summed E-state index contributed by atoms with van der Waals surface area (Å²) in [5.74, 6) is -1.02. The second-order valence-corrected chi connectivity index (χ2v) is 4.82. The fourth-order valence-electron chi connectivity index (χ4n) is 2.04. The third-order valence-electron chi connectivity index (χ3n) is 3.10. The molecule has 0 fully saturated rings. The molecule has 0 aliphatic carbocycles. The molecule has 0 aliphatic heterocycles. The second-order valence-electron chi connectivity index (χ2n) is 4.41. The quantitative estimate of drug-likeness (QED) is 0.786. The number of aromatic carboxylic acids is 1. The molecule has 3 rings (SSSR count). The summed E-state index contributed by atoms with van der Waals surface area (Å²) in [5, 5.41) is 17.9. The van der Waals surface area contributed by atoms with E-state index in [0.29, 0.717) is 21.7 Å². The number of carboxylic acid groups (broad SMARTS) is 1. The van der Waals surface area contributed by atoms with Crippen molar-refractivity contribution in [2.75, 3.05) is 0 Å². The van der Waals surface area contributed by atoms with Crippen LogP contribution in [-0.4, -0.2) is 26.1 Å². The van der Waals surface area contributed by atoms with Gasteiger partial charge in [-0.1, -0.05) is 28.9 Å². The van der Waals surface area contributed by atoms with Gasteiger partial charge in [0.2, 0.25) is 0 Å². The Morgan fingerprint density at radius 2 is 2.10 bits per heavy atom. The summed E-state index contributed by atoms with van der Waals surface area (Å²) >= 11 is 6.11. The monoisotopic (exact) mass is 287 g/mol. The largest absolute Gasteiger partial charge is 0.478 e. The van der Waals surface area contributed by atoms with Gasteiger partial charge in [-0.15, -0.1) is 5.10 Å². The Labute approximate surface area is 119 Å². The predicted octanol–water partition coefficient (Wildman–Crippen LogP) is 3.08. The van der Waals surface area contributed by atoms with Gasteiger partial charge in [0, 0.05) is 5.02 Å². The number of carbonyl (C=O) groups is 1. The first-order valence-electron chi connectivity index (χ1n) is 5.92. The molecular formula is C14H10ClN3O2. The zero-order valence-electron chi connectivity index (χ0n) is 10.5. The van der Waals surface area contributed by atoms with Crippen molar-refractivity contribution in [3.05, 3.63) is 52.5 Å². The van der Waals surface area contributed by atoms with Crippen LogP contribution in [0.3, 0.4) is 0 Å². The molecule has 0 radical (unpaired) electrons. The lowest BCUT2D eigenvalue weighted by Gasteiger charge is -2.06. The van der Waals surface area contributed by atoms with Crippen LogP contribution < -0.4 is 0 Å². The average Bonchev–Trinajstić information content (AvgIpc) is 2.85. The lowest BCUT2D eigenvalue weighted by atomic mass is 10.1. The van der Waals surface area contributed by atoms with Crippen molar-refractivity contribution < 1.29 is 9.90 Å². The summed E-state index contributed by atoms with van der Waals surface area (Å²) in [5.41, 5.74) is 2.76. The third kappa shape index (κ3) is 1.92. The molecule has 0 amide bonds. The highest BCUT2D eigenvalue weighted by Gasteiger charge is 2.15. The molecule has 1 aromatic heterocycles. The summed E-state index contributed by atoms with van der Waals surface area (Å²) in [6, 6.07) is 10.3. The number of aryl methyl sites for hydroxylation is 1. The molecule has 3 aromatic rings. The Morgan fingerprint density at radius 1 is 1.30 bits per heavy atom. The number of aromatic nitrogens is 3. The SMILES string of the molecule is Cc1ccc(-n2nnc3cccc(C(=O)O)c32)cc1Cl. The number of rotatable bonds is 2. The fraction of sp³-hybridized carbons (Fsp3) is 0.0714. The number of nitrogens with zero attached hydrogens (tertiary/aromatic N) is 3. The van der Waals surface area contributed by atoms with Crippen molar-refractivity contribution in [2.45, 2.75) is 6.92 Å². The molecule has 0 spiro atoms. The Morgan fingerprint density at radius 3 is 2.80 bits per heavy atom. The van der Waals surface area contributed by atoms with Crippen LogP contribution in [0.2, 0.25) is 5.02 Å². The molecule has 0 bridgehead atoms. The van der Waals surface area contributed by atoms with E-state index in [1.54, 1.807) is 18.2 Å². The van der Waals surface area contributed by atoms with Gasteiger partial charge in [0.05, 0.1) is 11.3 Å². The zero-order valence-corrected chi connectivity index (χ0v) is 11.3. The van der Waals surface area contributed by atoms with E-state index in [2.05, 4.69) is 10.3 Å². The second kappa shape index (κ2) is 4.61. The molecule has 0 aliphatic rings. The van der Waals surface area contributed by atoms with Crippen LogP contribution in [0.25, 0.3) is 16.7 Å². The molecule has 2 aromatic carbocycles. The van der Waals surface area contributed by atoms with Gasteiger partial charge in [-0.05, 0) is 36.8 Å². The summed E-state index contributed by atoms with van der Waals surface area (Å²) in [7, 11) is 0. The van der Waals surface area contributed by atoms with Gasteiger partial charge in [0.1, 0.15) is 11.0 Å². The number of hydrogen-bond acceptors (Lipinski definition) is 3. The highest BCUT2D eigenvalue weighted by molar-refractivity contribution is 6.31. The van der Waals surface area contributed by atoms with E-state index in [9.17, 15) is 9.90 Å². The molecule has 1 heterocycles. The van der Waals surface area contributed by atoms with E-state index in [1.807, 2.05) is 19.1 Å². The number of hydrogen-bond donors (Lipinski definition) is 1. The minimum Gasteiger partial charge on any atom is -0.478 e. The first-order chi connectivity index (χ1) is 9.58. The molecular weight excluding hydrogens is 278 g/mol. The van der Waals surface area contributed by atoms with Crippen LogP contribution in [0, 0.1) is 6.92 Å². The van der Waals surface area contributed by atoms with Crippen molar-refractivity contribution in [3.8, 4) is 5.69 Å². The smallest absolute Gasteiger partial charge is 0.337 e. The predicted molar refractivity (Wildman–Crippen MR) is 75.6 cm³/mol. The summed E-state index contributed by atoms with van der Waals surface area (Å²) in [6.45, 7) is 1.90. The van der Waals surface area contributed by atoms with Gasteiger partial charge in [-0.25, -0.2) is 9.48 Å². The van der Waals surface area contributed by atoms with Gasteiger partial charge in [-0.2, -0.15) is 0 Å². The number of para-hydroxylation sites is 1. The highest BCUT2D eigenvalue weighted by Crippen LogP contribution is 2.24. The van der Waals surface area contributed by atoms with Crippen molar-refractivity contribution >= 4 is 28.6 Å². The Balaban J connectivity index is 2.31. The minimum atomic E-state index is -1.02. The van der Waals surface area contributed by atoms with Crippen molar-refractivity contribution in [2.24, 2.45) is 0 Å². The van der Waals surface area contributed by atoms with Crippen molar-refractivity contribution in [1.29, 1.82) is 0 Å². The van der Waals surface area contributed by atoms with Gasteiger partial charge in [0.25, 0.3) is 0 Å². The summed E-state index contributed by atoms with van der Waals surface area (Å²) < 4.78 is 1.49. The van der Waals surface area contributed by atoms with Crippen LogP contribution in [-0.2, 0) is 0 Å². The van der Waals surface area contributed by atoms with Crippen LogP contribution in [0.5, 0.6) is 0 Å². The van der Waals surface area contributed by atoms with Crippen LogP contribution >= 0.6 is 11.6 Å². The molecule has 0 saturated carbocycles. The molecule has 6 heteroatoms. The maximum atomic E-state index is 11.3. The number of carboxylic acids is 1. The van der Waals surface area contributed by atoms with Crippen molar-refractivity contribution in [1.82, 2.24) is 15.0 Å². The van der Waals surface area contributed by atoms with E-state index in [4.69, 9.17) is 11.6 Å². The van der Waals surface area contributed by atoms with Crippen LogP contribution in [0.4, 0.5) is 0 Å². The highest BCUT2D eigenvalue weighted by atomic mass is 35.5. The van der Waals surface area contributed by atoms with Crippen LogP contribution in [0.1, 0.15) is 15.9 Å². The average molecular weight is 288 g/mol. The molecule has 0 saturated heterocycles. The van der Waals surface area contributed by atoms with E-state index >= 15 is 0 Å². The molecule has 0 atom stereocenters. The topological polar surface area (TPSA) is 68.0 Å². The Hall–Kier alpha value is -2.40. The van der Waals surface area contributed by atoms with Gasteiger partial charge < -0.3 is 5.11 Å². The maximum Gasteiger partial charge on any atom is 0.337 e. The lowest BCUT2D eigenvalue weighted by molar-refractivity contribution is 0.0698. The van der Waals surface area contributed by atoms with Gasteiger partial charge in [0.15, 0.2) is 0 Å². The number of fused-ring (bicyclic) bond motifs is 1. The summed E-state index contributed by atoms with van der Waals surface area (Å²) in [6.07, 6.45) is 0. The third-order valence-corrected chi connectivity index (χ3v) is 3.51. The van der Waals surface area contributed by atoms with Gasteiger partial charge in [-0.3, -0.25) is 0 Å². The normalized spacial score (nSPS) is 10.9. The minimum absolute atomic E-state index is 0.157. The molecule has 0 unspecified atom stereocenters. The first kappa shape index (κ1) is 12.6. The molecule has 100 valence electrons. The Bertz CT molecular complexity index is 826. The van der Waals surface area contributed by atoms with E-state index in [0.717, 1.165) is 5.56 Å². The lowest BCUT2D eigenvalue weighted by Crippen LogP contribution is -2.03. The van der Waals surface area contributed by atoms with Crippen LogP contribution in [0.15, 0.2) is 36.4 Å². The zero-order chi connectivity index (χ0) is 14.3. The van der Waals surface area contributed by atoms with E-state index in [1.165, 1.54) is 10.7 Å². The van der Waals surface area contributed by atoms with E-state index < -0.39 is 5.97 Å². The molecule has 20 heavy (non-hydrogen) atoms. The molecule has 1 N–H and O–H groups in total. The standard InChI is InChI=1S/C14H10ClN3O2/c1-8-5-6-9(7-11(8)15)18-13-10(14(19)20)3-2-4-12(13)16-17-18/h2-7H,1H3,(H,19,20). The van der Waals surface area contributed by atoms with Crippen molar-refractivity contribution in [3.63, 3.8) is 0 Å². The summed E-state index contributed by atoms with van der Waals surface area (Å²) in [4.78, 5) is 11.3. The maximum absolute atomic E-state index is 11.3. The Kier molecular flexibility index (Phi) is 2.91. The first-order valence-corrected chi connectivity index (χ1v) is 6.30. The number of halogens is 1. The fourth-order valence-corrected chi connectivity index (χ4v) is 2.21.